The second-order valence-corrected chi connectivity index (χ2v) is 4.49. The van der Waals surface area contributed by atoms with Gasteiger partial charge in [-0.1, -0.05) is 36.0 Å². The largest absolute Gasteiger partial charge is 0.299 e. The smallest absolute Gasteiger partial charge is 0.143 e. The van der Waals surface area contributed by atoms with Gasteiger partial charge in [0.25, 0.3) is 0 Å². The van der Waals surface area contributed by atoms with Gasteiger partial charge in [-0.2, -0.15) is 11.3 Å². The molecule has 0 fully saturated rings. The molecule has 0 N–H and O–H groups in total. The van der Waals surface area contributed by atoms with Crippen molar-refractivity contribution >= 4 is 23.7 Å². The van der Waals surface area contributed by atoms with Crippen LogP contribution in [0.2, 0.25) is 0 Å². The normalized spacial score (nSPS) is 13.8. The molecule has 0 aliphatic carbocycles. The Labute approximate surface area is 106 Å². The molecule has 0 unspecified atom stereocenters. The van der Waals surface area contributed by atoms with E-state index >= 15 is 0 Å². The van der Waals surface area contributed by atoms with Gasteiger partial charge < -0.3 is 0 Å². The van der Waals surface area contributed by atoms with Crippen molar-refractivity contribution in [2.45, 2.75) is 13.8 Å². The van der Waals surface area contributed by atoms with Gasteiger partial charge in [0, 0.05) is 0 Å². The van der Waals surface area contributed by atoms with Crippen LogP contribution in [0.1, 0.15) is 19.4 Å². The van der Waals surface area contributed by atoms with Crippen molar-refractivity contribution in [3.05, 3.63) is 63.9 Å². The lowest BCUT2D eigenvalue weighted by Gasteiger charge is -1.89. The molecule has 0 amide bonds. The lowest BCUT2D eigenvalue weighted by atomic mass is 10.2. The van der Waals surface area contributed by atoms with Crippen LogP contribution in [-0.4, -0.2) is 6.29 Å². The van der Waals surface area contributed by atoms with Crippen LogP contribution in [0.3, 0.4) is 0 Å². The molecule has 17 heavy (non-hydrogen) atoms. The Bertz CT molecular complexity index is 459. The average molecular weight is 244 g/mol. The second-order valence-electron chi connectivity index (χ2n) is 3.71. The Balaban J connectivity index is 2.55. The Morgan fingerprint density at radius 3 is 2.59 bits per heavy atom. The van der Waals surface area contributed by atoms with E-state index in [9.17, 15) is 4.79 Å². The number of carbonyl (C=O) groups excluding carboxylic acids is 1. The highest BCUT2D eigenvalue weighted by Crippen LogP contribution is 2.09. The highest BCUT2D eigenvalue weighted by molar-refractivity contribution is 7.08. The van der Waals surface area contributed by atoms with Gasteiger partial charge in [-0.3, -0.25) is 4.79 Å². The van der Waals surface area contributed by atoms with Gasteiger partial charge in [0.15, 0.2) is 0 Å². The van der Waals surface area contributed by atoms with Crippen LogP contribution in [0, 0.1) is 0 Å². The first-order chi connectivity index (χ1) is 8.22. The van der Waals surface area contributed by atoms with E-state index in [4.69, 9.17) is 0 Å². The predicted molar refractivity (Wildman–Crippen MR) is 76.1 cm³/mol. The maximum absolute atomic E-state index is 10.2. The van der Waals surface area contributed by atoms with Gasteiger partial charge in [0.1, 0.15) is 6.29 Å². The van der Waals surface area contributed by atoms with E-state index in [0.717, 1.165) is 11.9 Å². The first-order valence-corrected chi connectivity index (χ1v) is 6.34. The van der Waals surface area contributed by atoms with Crippen molar-refractivity contribution in [2.24, 2.45) is 0 Å². The molecule has 0 atom stereocenters. The summed E-state index contributed by atoms with van der Waals surface area (Å²) in [7, 11) is 0. The Hall–Kier alpha value is -1.67. The second kappa shape index (κ2) is 7.58. The third kappa shape index (κ3) is 5.83. The molecule has 0 aliphatic heterocycles. The fourth-order valence-corrected chi connectivity index (χ4v) is 1.80. The number of carbonyl (C=O) groups is 1. The molecular weight excluding hydrogens is 228 g/mol. The summed E-state index contributed by atoms with van der Waals surface area (Å²) in [5.41, 5.74) is 3.35. The molecule has 88 valence electrons. The number of rotatable bonds is 5. The molecule has 0 aliphatic rings. The molecule has 0 spiro atoms. The van der Waals surface area contributed by atoms with Gasteiger partial charge in [-0.05, 0) is 47.9 Å². The van der Waals surface area contributed by atoms with E-state index in [0.29, 0.717) is 0 Å². The van der Waals surface area contributed by atoms with Crippen molar-refractivity contribution in [2.75, 3.05) is 0 Å². The molecule has 1 aromatic rings. The van der Waals surface area contributed by atoms with Gasteiger partial charge in [-0.25, -0.2) is 0 Å². The molecule has 1 nitrogen and oxygen atoms in total. The molecule has 0 radical (unpaired) electrons. The minimum Gasteiger partial charge on any atom is -0.299 e. The zero-order valence-electron chi connectivity index (χ0n) is 10.1. The molecule has 1 heterocycles. The standard InChI is InChI=1S/C15H16OS/c1-13(4-3-5-14(2)8-10-16)6-7-15-9-11-17-12-15/h3-12H,1-2H3/b5-3+,7-6+,13-4+,14-8+. The van der Waals surface area contributed by atoms with Gasteiger partial charge in [-0.15, -0.1) is 0 Å². The van der Waals surface area contributed by atoms with Crippen LogP contribution in [0.4, 0.5) is 0 Å². The lowest BCUT2D eigenvalue weighted by molar-refractivity contribution is -0.104. The van der Waals surface area contributed by atoms with Crippen molar-refractivity contribution < 1.29 is 4.79 Å². The van der Waals surface area contributed by atoms with Crippen molar-refractivity contribution in [3.8, 4) is 0 Å². The maximum atomic E-state index is 10.2. The SMILES string of the molecule is CC(/C=C/C=C(C)/C=C/c1ccsc1)=C\C=O. The molecule has 2 heteroatoms. The van der Waals surface area contributed by atoms with Crippen LogP contribution in [0.5, 0.6) is 0 Å². The van der Waals surface area contributed by atoms with Gasteiger partial charge >= 0.3 is 0 Å². The Morgan fingerprint density at radius 2 is 1.94 bits per heavy atom. The van der Waals surface area contributed by atoms with Crippen LogP contribution in [0.25, 0.3) is 6.08 Å². The fourth-order valence-electron chi connectivity index (χ4n) is 1.17. The molecule has 1 rings (SSSR count). The Kier molecular flexibility index (Phi) is 5.97. The van der Waals surface area contributed by atoms with E-state index in [1.165, 1.54) is 11.1 Å². The highest BCUT2D eigenvalue weighted by atomic mass is 32.1. The van der Waals surface area contributed by atoms with Gasteiger partial charge in [0.2, 0.25) is 0 Å². The van der Waals surface area contributed by atoms with E-state index < -0.39 is 0 Å². The minimum atomic E-state index is 0.798. The van der Waals surface area contributed by atoms with Crippen molar-refractivity contribution in [1.82, 2.24) is 0 Å². The summed E-state index contributed by atoms with van der Waals surface area (Å²) in [6, 6.07) is 2.08. The molecule has 0 saturated heterocycles. The topological polar surface area (TPSA) is 17.1 Å². The minimum absolute atomic E-state index is 0.798. The number of thiophene rings is 1. The molecule has 0 saturated carbocycles. The number of hydrogen-bond acceptors (Lipinski definition) is 2. The molecule has 0 bridgehead atoms. The number of allylic oxidation sites excluding steroid dienone is 7. The summed E-state index contributed by atoms with van der Waals surface area (Å²) in [6.07, 6.45) is 12.4. The van der Waals surface area contributed by atoms with E-state index in [1.54, 1.807) is 17.4 Å². The quantitative estimate of drug-likeness (QED) is 0.426. The summed E-state index contributed by atoms with van der Waals surface area (Å²) >= 11 is 1.69. The third-order valence-corrected chi connectivity index (χ3v) is 2.83. The predicted octanol–water partition coefficient (Wildman–Crippen LogP) is 4.41. The van der Waals surface area contributed by atoms with Crippen LogP contribution < -0.4 is 0 Å². The van der Waals surface area contributed by atoms with E-state index in [1.807, 2.05) is 32.1 Å². The van der Waals surface area contributed by atoms with Crippen LogP contribution in [0.15, 0.2) is 58.4 Å². The molecule has 0 aromatic carbocycles. The zero-order valence-corrected chi connectivity index (χ0v) is 10.9. The number of hydrogen-bond donors (Lipinski definition) is 0. The molecule has 1 aromatic heterocycles. The monoisotopic (exact) mass is 244 g/mol. The highest BCUT2D eigenvalue weighted by Gasteiger charge is 1.85. The van der Waals surface area contributed by atoms with Crippen LogP contribution in [-0.2, 0) is 4.79 Å². The third-order valence-electron chi connectivity index (χ3n) is 2.13. The zero-order chi connectivity index (χ0) is 12.5. The van der Waals surface area contributed by atoms with Gasteiger partial charge in [0.05, 0.1) is 0 Å². The average Bonchev–Trinajstić information content (AvgIpc) is 2.79. The summed E-state index contributed by atoms with van der Waals surface area (Å²) in [5.74, 6) is 0. The number of aldehydes is 1. The van der Waals surface area contributed by atoms with E-state index in [-0.39, 0.29) is 0 Å². The summed E-state index contributed by atoms with van der Waals surface area (Å²) < 4.78 is 0. The lowest BCUT2D eigenvalue weighted by Crippen LogP contribution is -1.70. The fraction of sp³-hybridized carbons (Fsp3) is 0.133. The first kappa shape index (κ1) is 13.4. The summed E-state index contributed by atoms with van der Waals surface area (Å²) in [4.78, 5) is 10.2. The summed E-state index contributed by atoms with van der Waals surface area (Å²) in [5, 5.41) is 4.17. The maximum Gasteiger partial charge on any atom is 0.143 e. The van der Waals surface area contributed by atoms with Crippen molar-refractivity contribution in [3.63, 3.8) is 0 Å². The molecular formula is C15H16OS. The van der Waals surface area contributed by atoms with Crippen LogP contribution >= 0.6 is 11.3 Å². The Morgan fingerprint density at radius 1 is 1.18 bits per heavy atom. The summed E-state index contributed by atoms with van der Waals surface area (Å²) in [6.45, 7) is 3.95. The van der Waals surface area contributed by atoms with Crippen molar-refractivity contribution in [1.29, 1.82) is 0 Å². The first-order valence-electron chi connectivity index (χ1n) is 5.39. The van der Waals surface area contributed by atoms with E-state index in [2.05, 4.69) is 29.0 Å².